The van der Waals surface area contributed by atoms with Gasteiger partial charge in [0.2, 0.25) is 0 Å². The van der Waals surface area contributed by atoms with E-state index in [-0.39, 0.29) is 5.92 Å². The number of hydrogen-bond donors (Lipinski definition) is 2. The van der Waals surface area contributed by atoms with Gasteiger partial charge in [0.15, 0.2) is 0 Å². The lowest BCUT2D eigenvalue weighted by atomic mass is 9.72. The minimum atomic E-state index is -1.20. The molecule has 168 valence electrons. The molecule has 0 spiro atoms. The lowest BCUT2D eigenvalue weighted by molar-refractivity contribution is 0.141. The van der Waals surface area contributed by atoms with Crippen LogP contribution in [0.15, 0.2) is 148 Å². The fraction of sp³-hybridized carbons (Fsp3) is 0.161. The van der Waals surface area contributed by atoms with Gasteiger partial charge in [0, 0.05) is 17.1 Å². The number of ether oxygens (including phenoxy) is 1. The van der Waals surface area contributed by atoms with Crippen molar-refractivity contribution in [2.24, 2.45) is 0 Å². The topological polar surface area (TPSA) is 49.7 Å². The summed E-state index contributed by atoms with van der Waals surface area (Å²) in [5.74, 6) is 1.17. The van der Waals surface area contributed by atoms with E-state index in [1.807, 2.05) is 105 Å². The summed E-state index contributed by atoms with van der Waals surface area (Å²) in [5.41, 5.74) is 3.69. The van der Waals surface area contributed by atoms with Crippen LogP contribution >= 0.6 is 0 Å². The second-order valence-electron chi connectivity index (χ2n) is 9.49. The van der Waals surface area contributed by atoms with Crippen LogP contribution < -0.4 is 0 Å². The zero-order chi connectivity index (χ0) is 23.5. The molecule has 5 aliphatic rings. The summed E-state index contributed by atoms with van der Waals surface area (Å²) < 4.78 is 6.57. The predicted octanol–water partition coefficient (Wildman–Crippen LogP) is 5.80. The highest BCUT2D eigenvalue weighted by atomic mass is 16.5. The fourth-order valence-electron chi connectivity index (χ4n) is 5.51. The molecule has 0 radical (unpaired) electrons. The summed E-state index contributed by atoms with van der Waals surface area (Å²) >= 11 is 0. The van der Waals surface area contributed by atoms with E-state index in [0.717, 1.165) is 39.0 Å². The third kappa shape index (κ3) is 2.98. The summed E-state index contributed by atoms with van der Waals surface area (Å²) in [5, 5.41) is 23.5. The molecule has 3 heteroatoms. The lowest BCUT2D eigenvalue weighted by Gasteiger charge is -2.38. The van der Waals surface area contributed by atoms with Crippen molar-refractivity contribution in [1.29, 1.82) is 0 Å². The van der Waals surface area contributed by atoms with Gasteiger partial charge in [-0.05, 0) is 53.9 Å². The van der Waals surface area contributed by atoms with Gasteiger partial charge < -0.3 is 14.9 Å². The van der Waals surface area contributed by atoms with Crippen molar-refractivity contribution in [3.05, 3.63) is 154 Å². The first kappa shape index (κ1) is 20.9. The minimum Gasteiger partial charge on any atom is -0.457 e. The standard InChI is InChI=1S/C31H26O3/c1-30(32)21-12-6-8-14-23(30)28-25(18-16-21)34-26-19-17-22-13-7-9-15-24(31(22,2)33)29(26)27(28)20-10-4-3-5-11-20/h3-19,27,32-33H,1-2H3. The summed E-state index contributed by atoms with van der Waals surface area (Å²) in [7, 11) is 0. The van der Waals surface area contributed by atoms with E-state index >= 15 is 0 Å². The zero-order valence-corrected chi connectivity index (χ0v) is 19.2. The molecular weight excluding hydrogens is 420 g/mol. The number of hydrogen-bond acceptors (Lipinski definition) is 3. The Morgan fingerprint density at radius 2 is 1.12 bits per heavy atom. The minimum absolute atomic E-state index is 0.249. The largest absolute Gasteiger partial charge is 0.457 e. The average molecular weight is 447 g/mol. The van der Waals surface area contributed by atoms with Crippen molar-refractivity contribution >= 4 is 0 Å². The normalized spacial score (nSPS) is 31.1. The quantitative estimate of drug-likeness (QED) is 0.574. The van der Waals surface area contributed by atoms with E-state index in [0.29, 0.717) is 11.5 Å². The van der Waals surface area contributed by atoms with E-state index in [1.54, 1.807) is 0 Å². The van der Waals surface area contributed by atoms with Crippen molar-refractivity contribution in [3.8, 4) is 0 Å². The van der Waals surface area contributed by atoms with Crippen LogP contribution in [-0.2, 0) is 4.74 Å². The summed E-state index contributed by atoms with van der Waals surface area (Å²) in [6.45, 7) is 3.67. The molecule has 2 N–H and O–H groups in total. The van der Waals surface area contributed by atoms with Crippen LogP contribution in [0.4, 0.5) is 0 Å². The third-order valence-corrected chi connectivity index (χ3v) is 7.34. The first-order chi connectivity index (χ1) is 16.4. The molecule has 1 saturated heterocycles. The summed E-state index contributed by atoms with van der Waals surface area (Å²) in [4.78, 5) is 0. The van der Waals surface area contributed by atoms with Crippen molar-refractivity contribution in [3.63, 3.8) is 0 Å². The van der Waals surface area contributed by atoms with Crippen LogP contribution in [0.5, 0.6) is 0 Å². The Labute approximate surface area is 199 Å². The van der Waals surface area contributed by atoms with Crippen LogP contribution in [0.1, 0.15) is 25.3 Å². The van der Waals surface area contributed by atoms with Crippen LogP contribution in [0.3, 0.4) is 0 Å². The second-order valence-corrected chi connectivity index (χ2v) is 9.49. The Balaban J connectivity index is 1.74. The van der Waals surface area contributed by atoms with Gasteiger partial charge >= 0.3 is 0 Å². The molecule has 6 rings (SSSR count). The molecule has 1 aromatic rings. The van der Waals surface area contributed by atoms with Crippen molar-refractivity contribution in [1.82, 2.24) is 0 Å². The SMILES string of the molecule is CC1(O)C2=CC=C3OC4=CC=C5C=CC=CC(=C4C(c4ccccc4)C3=C1C=CC=C2)C5(C)O. The summed E-state index contributed by atoms with van der Waals surface area (Å²) in [6.07, 6.45) is 23.4. The molecule has 1 heterocycles. The van der Waals surface area contributed by atoms with Crippen LogP contribution in [0.2, 0.25) is 0 Å². The molecule has 0 aromatic heterocycles. The number of aliphatic hydroxyl groups is 2. The molecular formula is C31H26O3. The van der Waals surface area contributed by atoms with Gasteiger partial charge in [-0.3, -0.25) is 0 Å². The maximum atomic E-state index is 11.8. The molecule has 1 fully saturated rings. The molecule has 3 nitrogen and oxygen atoms in total. The number of allylic oxidation sites excluding steroid dienone is 10. The molecule has 2 unspecified atom stereocenters. The van der Waals surface area contributed by atoms with Gasteiger partial charge in [0.1, 0.15) is 22.7 Å². The maximum Gasteiger partial charge on any atom is 0.132 e. The highest BCUT2D eigenvalue weighted by Gasteiger charge is 2.45. The Bertz CT molecular complexity index is 1310. The molecule has 1 aliphatic heterocycles. The average Bonchev–Trinajstić information content (AvgIpc) is 3.16. The Morgan fingerprint density at radius 1 is 0.647 bits per heavy atom. The number of benzene rings is 1. The molecule has 0 amide bonds. The Kier molecular flexibility index (Phi) is 4.57. The Hall–Kier alpha value is -3.66. The first-order valence-corrected chi connectivity index (χ1v) is 11.6. The number of fused-ring (bicyclic) bond motifs is 6. The Morgan fingerprint density at radius 3 is 1.62 bits per heavy atom. The smallest absolute Gasteiger partial charge is 0.132 e. The predicted molar refractivity (Wildman–Crippen MR) is 134 cm³/mol. The van der Waals surface area contributed by atoms with Crippen molar-refractivity contribution < 1.29 is 14.9 Å². The molecule has 4 aliphatic carbocycles. The van der Waals surface area contributed by atoms with E-state index in [9.17, 15) is 10.2 Å². The van der Waals surface area contributed by atoms with Crippen molar-refractivity contribution in [2.75, 3.05) is 0 Å². The van der Waals surface area contributed by atoms with E-state index in [1.165, 1.54) is 0 Å². The third-order valence-electron chi connectivity index (χ3n) is 7.34. The monoisotopic (exact) mass is 446 g/mol. The second kappa shape index (κ2) is 7.42. The molecule has 0 saturated carbocycles. The van der Waals surface area contributed by atoms with Gasteiger partial charge in [-0.25, -0.2) is 0 Å². The van der Waals surface area contributed by atoms with E-state index < -0.39 is 11.2 Å². The van der Waals surface area contributed by atoms with Crippen LogP contribution in [0, 0.1) is 0 Å². The molecule has 4 bridgehead atoms. The van der Waals surface area contributed by atoms with E-state index in [2.05, 4.69) is 12.1 Å². The summed E-state index contributed by atoms with van der Waals surface area (Å²) in [6, 6.07) is 10.3. The van der Waals surface area contributed by atoms with Crippen LogP contribution in [0.25, 0.3) is 0 Å². The van der Waals surface area contributed by atoms with Gasteiger partial charge in [-0.15, -0.1) is 0 Å². The van der Waals surface area contributed by atoms with Gasteiger partial charge in [-0.2, -0.15) is 0 Å². The highest BCUT2D eigenvalue weighted by molar-refractivity contribution is 5.68. The van der Waals surface area contributed by atoms with Crippen LogP contribution in [-0.4, -0.2) is 21.4 Å². The highest BCUT2D eigenvalue weighted by Crippen LogP contribution is 2.54. The van der Waals surface area contributed by atoms with E-state index in [4.69, 9.17) is 4.74 Å². The fourth-order valence-corrected chi connectivity index (χ4v) is 5.51. The van der Waals surface area contributed by atoms with Crippen molar-refractivity contribution in [2.45, 2.75) is 31.0 Å². The molecule has 34 heavy (non-hydrogen) atoms. The molecule has 2 atom stereocenters. The zero-order valence-electron chi connectivity index (χ0n) is 19.2. The maximum absolute atomic E-state index is 11.8. The molecule has 1 aromatic carbocycles. The van der Waals surface area contributed by atoms with Gasteiger partial charge in [0.25, 0.3) is 0 Å². The number of rotatable bonds is 1. The van der Waals surface area contributed by atoms with Gasteiger partial charge in [-0.1, -0.05) is 91.1 Å². The first-order valence-electron chi connectivity index (χ1n) is 11.6. The lowest BCUT2D eigenvalue weighted by Crippen LogP contribution is -2.33. The van der Waals surface area contributed by atoms with Gasteiger partial charge in [0.05, 0.1) is 0 Å².